The van der Waals surface area contributed by atoms with Crippen molar-refractivity contribution in [1.82, 2.24) is 0 Å². The van der Waals surface area contributed by atoms with E-state index in [2.05, 4.69) is 13.0 Å². The van der Waals surface area contributed by atoms with Gasteiger partial charge in [0.25, 0.3) is 0 Å². The van der Waals surface area contributed by atoms with Gasteiger partial charge in [-0.1, -0.05) is 30.3 Å². The predicted molar refractivity (Wildman–Crippen MR) is 114 cm³/mol. The van der Waals surface area contributed by atoms with Crippen molar-refractivity contribution in [2.24, 2.45) is 0 Å². The number of rotatable bonds is 7. The van der Waals surface area contributed by atoms with Gasteiger partial charge in [0.1, 0.15) is 17.2 Å². The molecule has 1 unspecified atom stereocenters. The number of hydrogen-bond acceptors (Lipinski definition) is 3. The van der Waals surface area contributed by atoms with Crippen LogP contribution in [0.25, 0.3) is 0 Å². The first kappa shape index (κ1) is 20.5. The Morgan fingerprint density at radius 3 is 2.14 bits per heavy atom. The van der Waals surface area contributed by atoms with Gasteiger partial charge in [-0.2, -0.15) is 0 Å². The summed E-state index contributed by atoms with van der Waals surface area (Å²) in [6.07, 6.45) is 0.407. The number of carboxylic acids is 1. The minimum absolute atomic E-state index is 0.407. The molecule has 3 aromatic carbocycles. The Morgan fingerprint density at radius 1 is 0.931 bits per heavy atom. The zero-order valence-corrected chi connectivity index (χ0v) is 17.2. The minimum atomic E-state index is -0.846. The molecule has 4 heteroatoms. The molecule has 0 fully saturated rings. The van der Waals surface area contributed by atoms with E-state index in [0.29, 0.717) is 12.2 Å². The average Bonchev–Trinajstić information content (AvgIpc) is 2.71. The molecule has 0 aromatic heterocycles. The molecule has 0 saturated carbocycles. The number of benzene rings is 3. The Bertz CT molecular complexity index is 989. The van der Waals surface area contributed by atoms with E-state index in [0.717, 1.165) is 33.8 Å². The van der Waals surface area contributed by atoms with Gasteiger partial charge >= 0.3 is 5.97 Å². The molecule has 0 amide bonds. The average molecular weight is 390 g/mol. The van der Waals surface area contributed by atoms with Gasteiger partial charge in [-0.3, -0.25) is 4.79 Å². The van der Waals surface area contributed by atoms with Crippen molar-refractivity contribution in [3.05, 3.63) is 88.5 Å². The molecule has 0 bridgehead atoms. The Morgan fingerprint density at radius 2 is 1.55 bits per heavy atom. The zero-order valence-electron chi connectivity index (χ0n) is 17.2. The van der Waals surface area contributed by atoms with Crippen LogP contribution in [0, 0.1) is 20.8 Å². The van der Waals surface area contributed by atoms with Crippen LogP contribution >= 0.6 is 0 Å². The predicted octanol–water partition coefficient (Wildman–Crippen LogP) is 5.82. The molecule has 0 spiro atoms. The first-order chi connectivity index (χ1) is 13.9. The summed E-state index contributed by atoms with van der Waals surface area (Å²) in [5, 5.41) is 9.69. The molecule has 150 valence electrons. The van der Waals surface area contributed by atoms with Crippen molar-refractivity contribution in [2.45, 2.75) is 33.1 Å². The largest absolute Gasteiger partial charge is 0.497 e. The second-order valence-electron chi connectivity index (χ2n) is 7.32. The molecular formula is C25H26O4. The van der Waals surface area contributed by atoms with Gasteiger partial charge < -0.3 is 14.6 Å². The lowest BCUT2D eigenvalue weighted by Crippen LogP contribution is -2.14. The fraction of sp³-hybridized carbons (Fsp3) is 0.240. The van der Waals surface area contributed by atoms with Crippen LogP contribution in [0.5, 0.6) is 17.2 Å². The first-order valence-corrected chi connectivity index (χ1v) is 9.58. The van der Waals surface area contributed by atoms with E-state index in [1.165, 1.54) is 5.56 Å². The summed E-state index contributed by atoms with van der Waals surface area (Å²) < 4.78 is 11.2. The summed E-state index contributed by atoms with van der Waals surface area (Å²) in [6.45, 7) is 6.17. The third-order valence-corrected chi connectivity index (χ3v) is 5.17. The van der Waals surface area contributed by atoms with Crippen molar-refractivity contribution in [2.75, 3.05) is 7.11 Å². The highest BCUT2D eigenvalue weighted by Gasteiger charge is 2.20. The number of ether oxygens (including phenoxy) is 2. The summed E-state index contributed by atoms with van der Waals surface area (Å²) in [5.74, 6) is 0.826. The topological polar surface area (TPSA) is 55.8 Å². The Balaban J connectivity index is 1.75. The highest BCUT2D eigenvalue weighted by Crippen LogP contribution is 2.30. The molecular weight excluding hydrogens is 364 g/mol. The number of carboxylic acid groups (broad SMARTS) is 1. The number of carbonyl (C=O) groups is 1. The maximum atomic E-state index is 11.8. The molecule has 29 heavy (non-hydrogen) atoms. The van der Waals surface area contributed by atoms with Crippen LogP contribution < -0.4 is 9.47 Å². The van der Waals surface area contributed by atoms with E-state index in [1.54, 1.807) is 31.4 Å². The van der Waals surface area contributed by atoms with Gasteiger partial charge in [-0.05, 0) is 85.3 Å². The quantitative estimate of drug-likeness (QED) is 0.552. The highest BCUT2D eigenvalue weighted by atomic mass is 16.5. The molecule has 3 rings (SSSR count). The van der Waals surface area contributed by atoms with Crippen LogP contribution in [0.15, 0.2) is 60.7 Å². The van der Waals surface area contributed by atoms with Crippen molar-refractivity contribution < 1.29 is 19.4 Å². The molecule has 1 N–H and O–H groups in total. The van der Waals surface area contributed by atoms with Crippen LogP contribution in [0.1, 0.15) is 33.7 Å². The lowest BCUT2D eigenvalue weighted by Gasteiger charge is -2.15. The van der Waals surface area contributed by atoms with Gasteiger partial charge in [0, 0.05) is 0 Å². The second kappa shape index (κ2) is 8.82. The summed E-state index contributed by atoms with van der Waals surface area (Å²) in [7, 11) is 1.59. The Hall–Kier alpha value is -3.27. The molecule has 0 saturated heterocycles. The van der Waals surface area contributed by atoms with Gasteiger partial charge in [-0.25, -0.2) is 0 Å². The van der Waals surface area contributed by atoms with Crippen LogP contribution in [-0.4, -0.2) is 18.2 Å². The summed E-state index contributed by atoms with van der Waals surface area (Å²) >= 11 is 0. The Labute approximate surface area is 171 Å². The number of aliphatic carboxylic acids is 1. The SMILES string of the molecule is COc1ccc(C(Cc2ccc(Oc3cc(C)cc(C)c3C)cc2)C(=O)O)cc1. The van der Waals surface area contributed by atoms with Crippen LogP contribution in [0.4, 0.5) is 0 Å². The molecule has 1 atom stereocenters. The molecule has 0 aliphatic heterocycles. The van der Waals surface area contributed by atoms with Gasteiger partial charge in [0.05, 0.1) is 13.0 Å². The van der Waals surface area contributed by atoms with E-state index in [-0.39, 0.29) is 0 Å². The lowest BCUT2D eigenvalue weighted by molar-refractivity contribution is -0.138. The smallest absolute Gasteiger partial charge is 0.311 e. The van der Waals surface area contributed by atoms with E-state index in [4.69, 9.17) is 9.47 Å². The standard InChI is InChI=1S/C25H26O4/c1-16-13-17(2)18(3)24(14-16)29-22-9-5-19(6-10-22)15-23(25(26)27)20-7-11-21(28-4)12-8-20/h5-14,23H,15H2,1-4H3,(H,26,27). The van der Waals surface area contributed by atoms with Gasteiger partial charge in [0.2, 0.25) is 0 Å². The Kier molecular flexibility index (Phi) is 6.23. The zero-order chi connectivity index (χ0) is 21.0. The van der Waals surface area contributed by atoms with Crippen LogP contribution in [0.2, 0.25) is 0 Å². The number of methoxy groups -OCH3 is 1. The fourth-order valence-corrected chi connectivity index (χ4v) is 3.35. The minimum Gasteiger partial charge on any atom is -0.497 e. The third kappa shape index (κ3) is 4.96. The van der Waals surface area contributed by atoms with Crippen molar-refractivity contribution in [3.63, 3.8) is 0 Å². The fourth-order valence-electron chi connectivity index (χ4n) is 3.35. The van der Waals surface area contributed by atoms with Crippen molar-refractivity contribution >= 4 is 5.97 Å². The van der Waals surface area contributed by atoms with Crippen molar-refractivity contribution in [1.29, 1.82) is 0 Å². The highest BCUT2D eigenvalue weighted by molar-refractivity contribution is 5.76. The molecule has 0 heterocycles. The summed E-state index contributed by atoms with van der Waals surface area (Å²) in [6, 6.07) is 19.0. The molecule has 0 radical (unpaired) electrons. The maximum Gasteiger partial charge on any atom is 0.311 e. The first-order valence-electron chi connectivity index (χ1n) is 9.58. The van der Waals surface area contributed by atoms with Gasteiger partial charge in [0.15, 0.2) is 0 Å². The van der Waals surface area contributed by atoms with E-state index in [9.17, 15) is 9.90 Å². The second-order valence-corrected chi connectivity index (χ2v) is 7.32. The number of aryl methyl sites for hydroxylation is 2. The monoisotopic (exact) mass is 390 g/mol. The molecule has 0 aliphatic rings. The summed E-state index contributed by atoms with van der Waals surface area (Å²) in [5.41, 5.74) is 5.16. The van der Waals surface area contributed by atoms with Gasteiger partial charge in [-0.15, -0.1) is 0 Å². The molecule has 4 nitrogen and oxygen atoms in total. The maximum absolute atomic E-state index is 11.8. The van der Waals surface area contributed by atoms with Crippen molar-refractivity contribution in [3.8, 4) is 17.2 Å². The summed E-state index contributed by atoms with van der Waals surface area (Å²) in [4.78, 5) is 11.8. The van der Waals surface area contributed by atoms with E-state index >= 15 is 0 Å². The van der Waals surface area contributed by atoms with E-state index < -0.39 is 11.9 Å². The lowest BCUT2D eigenvalue weighted by atomic mass is 9.92. The number of hydrogen-bond donors (Lipinski definition) is 1. The molecule has 0 aliphatic carbocycles. The molecule has 3 aromatic rings. The van der Waals surface area contributed by atoms with E-state index in [1.807, 2.05) is 44.2 Å². The normalized spacial score (nSPS) is 11.7. The third-order valence-electron chi connectivity index (χ3n) is 5.17. The van der Waals surface area contributed by atoms with Crippen LogP contribution in [0.3, 0.4) is 0 Å². The van der Waals surface area contributed by atoms with Crippen LogP contribution in [-0.2, 0) is 11.2 Å².